The maximum atomic E-state index is 5.85. The van der Waals surface area contributed by atoms with E-state index in [1.54, 1.807) is 0 Å². The van der Waals surface area contributed by atoms with Crippen LogP contribution >= 0.6 is 0 Å². The molecular weight excluding hydrogens is 248 g/mol. The first-order valence-corrected chi connectivity index (χ1v) is 7.14. The number of aromatic nitrogens is 1. The molecule has 104 valence electrons. The molecule has 0 spiro atoms. The number of nitrogens with zero attached hydrogens (tertiary/aromatic N) is 1. The Balaban J connectivity index is 1.66. The van der Waals surface area contributed by atoms with Crippen molar-refractivity contribution in [2.45, 2.75) is 39.3 Å². The Hall–Kier alpha value is -1.87. The normalized spacial score (nSPS) is 14.3. The molecule has 0 amide bonds. The fraction of sp³-hybridized carbons (Fsp3) is 0.353. The zero-order valence-electron chi connectivity index (χ0n) is 12.0. The Morgan fingerprint density at radius 2 is 2.05 bits per heavy atom. The van der Waals surface area contributed by atoms with Gasteiger partial charge in [0.25, 0.3) is 0 Å². The topological polar surface area (TPSA) is 34.1 Å². The molecule has 3 nitrogen and oxygen atoms in total. The van der Waals surface area contributed by atoms with Crippen molar-refractivity contribution in [3.63, 3.8) is 0 Å². The van der Waals surface area contributed by atoms with Gasteiger partial charge in [-0.05, 0) is 49.4 Å². The highest BCUT2D eigenvalue weighted by atomic mass is 16.5. The Bertz CT molecular complexity index is 588. The summed E-state index contributed by atoms with van der Waals surface area (Å²) in [4.78, 5) is 4.38. The van der Waals surface area contributed by atoms with Gasteiger partial charge in [0.05, 0.1) is 0 Å². The minimum Gasteiger partial charge on any atom is -0.439 e. The van der Waals surface area contributed by atoms with E-state index in [0.29, 0.717) is 5.88 Å². The summed E-state index contributed by atoms with van der Waals surface area (Å²) in [5.74, 6) is 1.52. The van der Waals surface area contributed by atoms with Crippen LogP contribution in [0, 0.1) is 13.8 Å². The summed E-state index contributed by atoms with van der Waals surface area (Å²) in [5.41, 5.74) is 3.51. The van der Waals surface area contributed by atoms with E-state index < -0.39 is 0 Å². The van der Waals surface area contributed by atoms with Crippen molar-refractivity contribution in [2.75, 3.05) is 0 Å². The molecule has 0 atom stereocenters. The van der Waals surface area contributed by atoms with Gasteiger partial charge in [0.15, 0.2) is 0 Å². The van der Waals surface area contributed by atoms with Crippen LogP contribution in [0.25, 0.3) is 0 Å². The van der Waals surface area contributed by atoms with E-state index in [2.05, 4.69) is 35.4 Å². The van der Waals surface area contributed by atoms with E-state index in [-0.39, 0.29) is 0 Å². The quantitative estimate of drug-likeness (QED) is 0.897. The molecule has 1 aromatic carbocycles. The van der Waals surface area contributed by atoms with Crippen LogP contribution in [0.15, 0.2) is 36.5 Å². The van der Waals surface area contributed by atoms with Gasteiger partial charge in [0.2, 0.25) is 5.88 Å². The fourth-order valence-electron chi connectivity index (χ4n) is 2.06. The van der Waals surface area contributed by atoms with E-state index in [4.69, 9.17) is 4.74 Å². The van der Waals surface area contributed by atoms with Crippen molar-refractivity contribution >= 4 is 0 Å². The van der Waals surface area contributed by atoms with E-state index in [0.717, 1.165) is 23.9 Å². The first-order chi connectivity index (χ1) is 9.70. The summed E-state index contributed by atoms with van der Waals surface area (Å²) in [7, 11) is 0. The second-order valence-electron chi connectivity index (χ2n) is 5.53. The van der Waals surface area contributed by atoms with Gasteiger partial charge in [-0.2, -0.15) is 0 Å². The number of hydrogen-bond donors (Lipinski definition) is 1. The predicted octanol–water partition coefficient (Wildman–Crippen LogP) is 3.74. The molecule has 1 saturated carbocycles. The summed E-state index contributed by atoms with van der Waals surface area (Å²) in [6, 6.07) is 10.9. The zero-order valence-corrected chi connectivity index (χ0v) is 12.0. The van der Waals surface area contributed by atoms with Crippen molar-refractivity contribution < 1.29 is 4.74 Å². The molecule has 0 saturated heterocycles. The van der Waals surface area contributed by atoms with Crippen molar-refractivity contribution in [1.82, 2.24) is 10.3 Å². The predicted molar refractivity (Wildman–Crippen MR) is 80.1 cm³/mol. The number of ether oxygens (including phenoxy) is 1. The summed E-state index contributed by atoms with van der Waals surface area (Å²) >= 11 is 0. The zero-order chi connectivity index (χ0) is 13.9. The molecule has 1 fully saturated rings. The van der Waals surface area contributed by atoms with Gasteiger partial charge in [-0.25, -0.2) is 4.98 Å². The minimum atomic E-state index is 0.647. The molecule has 2 aromatic rings. The van der Waals surface area contributed by atoms with Gasteiger partial charge in [0.1, 0.15) is 5.75 Å². The molecule has 0 aliphatic heterocycles. The number of benzene rings is 1. The number of nitrogens with one attached hydrogen (secondary N) is 1. The van der Waals surface area contributed by atoms with E-state index in [1.165, 1.54) is 24.0 Å². The van der Waals surface area contributed by atoms with Gasteiger partial charge in [-0.15, -0.1) is 0 Å². The highest BCUT2D eigenvalue weighted by molar-refractivity contribution is 5.38. The lowest BCUT2D eigenvalue weighted by molar-refractivity contribution is 0.458. The van der Waals surface area contributed by atoms with E-state index in [9.17, 15) is 0 Å². The van der Waals surface area contributed by atoms with E-state index in [1.807, 2.05) is 25.3 Å². The number of pyridine rings is 1. The average Bonchev–Trinajstić information content (AvgIpc) is 3.26. The second kappa shape index (κ2) is 5.63. The highest BCUT2D eigenvalue weighted by Gasteiger charge is 2.19. The number of aryl methyl sites for hydroxylation is 2. The van der Waals surface area contributed by atoms with Crippen LogP contribution in [0.3, 0.4) is 0 Å². The van der Waals surface area contributed by atoms with Crippen LogP contribution in [0.5, 0.6) is 11.6 Å². The SMILES string of the molecule is Cc1ccc(C)c(Oc2ccc(CNC3CC3)cn2)c1. The minimum absolute atomic E-state index is 0.647. The molecule has 1 N–H and O–H groups in total. The molecule has 0 unspecified atom stereocenters. The Labute approximate surface area is 120 Å². The average molecular weight is 268 g/mol. The molecular formula is C17H20N2O. The molecule has 20 heavy (non-hydrogen) atoms. The molecule has 0 bridgehead atoms. The molecule has 1 aliphatic rings. The summed E-state index contributed by atoms with van der Waals surface area (Å²) in [6.07, 6.45) is 4.50. The highest BCUT2D eigenvalue weighted by Crippen LogP contribution is 2.25. The van der Waals surface area contributed by atoms with Crippen LogP contribution in [-0.4, -0.2) is 11.0 Å². The van der Waals surface area contributed by atoms with Crippen molar-refractivity contribution in [1.29, 1.82) is 0 Å². The Morgan fingerprint density at radius 1 is 1.20 bits per heavy atom. The standard InChI is InChI=1S/C17H20N2O/c1-12-3-4-13(2)16(9-12)20-17-8-5-14(11-19-17)10-18-15-6-7-15/h3-5,8-9,11,15,18H,6-7,10H2,1-2H3. The maximum absolute atomic E-state index is 5.85. The molecule has 1 aliphatic carbocycles. The Morgan fingerprint density at radius 3 is 2.75 bits per heavy atom. The molecule has 3 rings (SSSR count). The van der Waals surface area contributed by atoms with Crippen LogP contribution in [0.1, 0.15) is 29.5 Å². The largest absolute Gasteiger partial charge is 0.439 e. The lowest BCUT2D eigenvalue weighted by atomic mass is 10.1. The van der Waals surface area contributed by atoms with Crippen molar-refractivity contribution in [2.24, 2.45) is 0 Å². The van der Waals surface area contributed by atoms with Gasteiger partial charge < -0.3 is 10.1 Å². The van der Waals surface area contributed by atoms with Crippen LogP contribution in [0.4, 0.5) is 0 Å². The third kappa shape index (κ3) is 3.36. The van der Waals surface area contributed by atoms with Crippen molar-refractivity contribution in [3.05, 3.63) is 53.2 Å². The Kier molecular flexibility index (Phi) is 3.70. The third-order valence-electron chi connectivity index (χ3n) is 3.53. The van der Waals surface area contributed by atoms with Gasteiger partial charge in [-0.3, -0.25) is 0 Å². The smallest absolute Gasteiger partial charge is 0.219 e. The first-order valence-electron chi connectivity index (χ1n) is 7.14. The number of hydrogen-bond acceptors (Lipinski definition) is 3. The van der Waals surface area contributed by atoms with Crippen LogP contribution in [-0.2, 0) is 6.54 Å². The van der Waals surface area contributed by atoms with E-state index >= 15 is 0 Å². The first kappa shape index (κ1) is 13.1. The summed E-state index contributed by atoms with van der Waals surface area (Å²) in [5, 5.41) is 3.48. The van der Waals surface area contributed by atoms with Gasteiger partial charge >= 0.3 is 0 Å². The maximum Gasteiger partial charge on any atom is 0.219 e. The fourth-order valence-corrected chi connectivity index (χ4v) is 2.06. The van der Waals surface area contributed by atoms with Crippen LogP contribution < -0.4 is 10.1 Å². The molecule has 1 heterocycles. The van der Waals surface area contributed by atoms with Gasteiger partial charge in [-0.1, -0.05) is 18.2 Å². The lowest BCUT2D eigenvalue weighted by Crippen LogP contribution is -2.15. The molecule has 3 heteroatoms. The van der Waals surface area contributed by atoms with Crippen molar-refractivity contribution in [3.8, 4) is 11.6 Å². The monoisotopic (exact) mass is 268 g/mol. The summed E-state index contributed by atoms with van der Waals surface area (Å²) in [6.45, 7) is 5.00. The lowest BCUT2D eigenvalue weighted by Gasteiger charge is -2.09. The summed E-state index contributed by atoms with van der Waals surface area (Å²) < 4.78 is 5.85. The van der Waals surface area contributed by atoms with Gasteiger partial charge in [0, 0.05) is 24.8 Å². The van der Waals surface area contributed by atoms with Crippen LogP contribution in [0.2, 0.25) is 0 Å². The number of rotatable bonds is 5. The molecule has 0 radical (unpaired) electrons. The second-order valence-corrected chi connectivity index (χ2v) is 5.53. The molecule has 1 aromatic heterocycles. The third-order valence-corrected chi connectivity index (χ3v) is 3.53.